The Kier molecular flexibility index (Phi) is 3.50. The Morgan fingerprint density at radius 2 is 2.12 bits per heavy atom. The third kappa shape index (κ3) is 2.38. The van der Waals surface area contributed by atoms with E-state index in [1.54, 1.807) is 6.92 Å². The molecule has 1 N–H and O–H groups in total. The average Bonchev–Trinajstić information content (AvgIpc) is 2.29. The number of likely N-dealkylation sites (tertiary alicyclic amines) is 1. The molecule has 4 nitrogen and oxygen atoms in total. The van der Waals surface area contributed by atoms with Gasteiger partial charge < -0.3 is 9.84 Å². The van der Waals surface area contributed by atoms with Crippen LogP contribution in [0.3, 0.4) is 0 Å². The van der Waals surface area contributed by atoms with Crippen LogP contribution in [0, 0.1) is 0 Å². The number of rotatable bonds is 2. The number of carboxylic acids is 1. The fraction of sp³-hybridized carbons (Fsp3) is 0.917. The number of hydrogen-bond donors (Lipinski definition) is 1. The van der Waals surface area contributed by atoms with Gasteiger partial charge in [-0.2, -0.15) is 0 Å². The Morgan fingerprint density at radius 1 is 1.38 bits per heavy atom. The second-order valence-electron chi connectivity index (χ2n) is 5.08. The lowest BCUT2D eigenvalue weighted by Gasteiger charge is -2.46. The maximum Gasteiger partial charge on any atom is 0.320 e. The van der Waals surface area contributed by atoms with Gasteiger partial charge in [-0.1, -0.05) is 0 Å². The number of ether oxygens (including phenoxy) is 1. The van der Waals surface area contributed by atoms with E-state index in [1.165, 1.54) is 6.42 Å². The Morgan fingerprint density at radius 3 is 2.75 bits per heavy atom. The summed E-state index contributed by atoms with van der Waals surface area (Å²) in [6, 6.07) is -0.386. The van der Waals surface area contributed by atoms with Crippen LogP contribution < -0.4 is 0 Å². The zero-order valence-corrected chi connectivity index (χ0v) is 9.95. The van der Waals surface area contributed by atoms with E-state index in [2.05, 4.69) is 4.90 Å². The molecule has 2 unspecified atom stereocenters. The molecule has 16 heavy (non-hydrogen) atoms. The summed E-state index contributed by atoms with van der Waals surface area (Å²) in [6.07, 6.45) is 5.61. The van der Waals surface area contributed by atoms with Gasteiger partial charge in [0.2, 0.25) is 0 Å². The largest absolute Gasteiger partial charge is 0.480 e. The normalized spacial score (nSPS) is 33.8. The van der Waals surface area contributed by atoms with E-state index in [9.17, 15) is 4.79 Å². The summed E-state index contributed by atoms with van der Waals surface area (Å²) in [5, 5.41) is 9.04. The molecule has 2 atom stereocenters. The van der Waals surface area contributed by atoms with Crippen molar-refractivity contribution in [3.05, 3.63) is 0 Å². The van der Waals surface area contributed by atoms with Crippen LogP contribution in [-0.2, 0) is 9.53 Å². The van der Waals surface area contributed by atoms with Crippen LogP contribution in [-0.4, -0.2) is 47.3 Å². The van der Waals surface area contributed by atoms with E-state index >= 15 is 0 Å². The van der Waals surface area contributed by atoms with Crippen molar-refractivity contribution in [3.8, 4) is 0 Å². The Labute approximate surface area is 96.6 Å². The van der Waals surface area contributed by atoms with Gasteiger partial charge in [-0.05, 0) is 45.6 Å². The van der Waals surface area contributed by atoms with Crippen molar-refractivity contribution in [2.45, 2.75) is 50.7 Å². The third-order valence-electron chi connectivity index (χ3n) is 3.91. The molecule has 0 saturated carbocycles. The molecule has 0 aromatic carbocycles. The van der Waals surface area contributed by atoms with Gasteiger partial charge in [0.25, 0.3) is 0 Å². The van der Waals surface area contributed by atoms with Crippen molar-refractivity contribution >= 4 is 5.97 Å². The Balaban J connectivity index is 2.00. The molecule has 2 aliphatic heterocycles. The predicted octanol–water partition coefficient (Wildman–Crippen LogP) is 1.49. The number of carboxylic acid groups (broad SMARTS) is 1. The topological polar surface area (TPSA) is 49.8 Å². The highest BCUT2D eigenvalue weighted by atomic mass is 16.5. The highest BCUT2D eigenvalue weighted by molar-refractivity contribution is 5.72. The van der Waals surface area contributed by atoms with E-state index in [4.69, 9.17) is 9.84 Å². The summed E-state index contributed by atoms with van der Waals surface area (Å²) >= 11 is 0. The van der Waals surface area contributed by atoms with Gasteiger partial charge in [-0.15, -0.1) is 0 Å². The van der Waals surface area contributed by atoms with Crippen LogP contribution in [0.25, 0.3) is 0 Å². The van der Waals surface area contributed by atoms with Crippen molar-refractivity contribution in [1.82, 2.24) is 4.90 Å². The van der Waals surface area contributed by atoms with Crippen LogP contribution in [0.2, 0.25) is 0 Å². The lowest BCUT2D eigenvalue weighted by atomic mass is 9.85. The minimum atomic E-state index is -0.729. The fourth-order valence-electron chi connectivity index (χ4n) is 2.85. The molecule has 2 saturated heterocycles. The molecule has 0 amide bonds. The summed E-state index contributed by atoms with van der Waals surface area (Å²) in [5.41, 5.74) is -0.0415. The summed E-state index contributed by atoms with van der Waals surface area (Å²) in [6.45, 7) is 4.29. The van der Waals surface area contributed by atoms with Crippen LogP contribution in [0.15, 0.2) is 0 Å². The number of aliphatic carboxylic acids is 1. The zero-order chi connectivity index (χ0) is 11.6. The molecule has 0 aromatic heterocycles. The van der Waals surface area contributed by atoms with Crippen LogP contribution in [0.1, 0.15) is 39.0 Å². The molecule has 0 aromatic rings. The smallest absolute Gasteiger partial charge is 0.320 e. The summed E-state index contributed by atoms with van der Waals surface area (Å²) < 4.78 is 5.93. The molecular weight excluding hydrogens is 206 g/mol. The average molecular weight is 227 g/mol. The first-order valence-electron chi connectivity index (χ1n) is 6.24. The highest BCUT2D eigenvalue weighted by Crippen LogP contribution is 2.34. The second kappa shape index (κ2) is 4.72. The number of carbonyl (C=O) groups is 1. The monoisotopic (exact) mass is 227 g/mol. The fourth-order valence-corrected chi connectivity index (χ4v) is 2.85. The highest BCUT2D eigenvalue weighted by Gasteiger charge is 2.39. The first kappa shape index (κ1) is 11.9. The first-order chi connectivity index (χ1) is 7.63. The van der Waals surface area contributed by atoms with Gasteiger partial charge in [0.1, 0.15) is 6.04 Å². The minimum Gasteiger partial charge on any atom is -0.480 e. The molecule has 92 valence electrons. The molecule has 0 aliphatic carbocycles. The van der Waals surface area contributed by atoms with E-state index in [0.717, 1.165) is 45.4 Å². The van der Waals surface area contributed by atoms with Crippen LogP contribution in [0.4, 0.5) is 0 Å². The first-order valence-corrected chi connectivity index (χ1v) is 6.24. The molecule has 2 fully saturated rings. The molecule has 2 rings (SSSR count). The maximum atomic E-state index is 11.0. The van der Waals surface area contributed by atoms with E-state index in [-0.39, 0.29) is 11.6 Å². The number of piperidine rings is 1. The SMILES string of the molecule is CC(C(=O)O)N1CCCC2(CCCCO2)C1. The van der Waals surface area contributed by atoms with Crippen molar-refractivity contribution in [3.63, 3.8) is 0 Å². The quantitative estimate of drug-likeness (QED) is 0.776. The standard InChI is InChI=1S/C12H21NO3/c1-10(11(14)15)13-7-4-6-12(9-13)5-2-3-8-16-12/h10H,2-9H2,1H3,(H,14,15). The van der Waals surface area contributed by atoms with E-state index < -0.39 is 5.97 Å². The zero-order valence-electron chi connectivity index (χ0n) is 9.95. The third-order valence-corrected chi connectivity index (χ3v) is 3.91. The molecule has 0 radical (unpaired) electrons. The summed E-state index contributed by atoms with van der Waals surface area (Å²) in [7, 11) is 0. The summed E-state index contributed by atoms with van der Waals surface area (Å²) in [5.74, 6) is -0.729. The molecular formula is C12H21NO3. The van der Waals surface area contributed by atoms with Crippen LogP contribution in [0.5, 0.6) is 0 Å². The van der Waals surface area contributed by atoms with Crippen LogP contribution >= 0.6 is 0 Å². The van der Waals surface area contributed by atoms with Crippen molar-refractivity contribution in [2.75, 3.05) is 19.7 Å². The minimum absolute atomic E-state index is 0.0415. The lowest BCUT2D eigenvalue weighted by molar-refractivity contribution is -0.151. The van der Waals surface area contributed by atoms with Crippen molar-refractivity contribution in [2.24, 2.45) is 0 Å². The predicted molar refractivity (Wildman–Crippen MR) is 60.4 cm³/mol. The Hall–Kier alpha value is -0.610. The van der Waals surface area contributed by atoms with Gasteiger partial charge in [-0.25, -0.2) is 0 Å². The maximum absolute atomic E-state index is 11.0. The van der Waals surface area contributed by atoms with Gasteiger partial charge in [-0.3, -0.25) is 9.69 Å². The van der Waals surface area contributed by atoms with Gasteiger partial charge in [0.05, 0.1) is 5.60 Å². The second-order valence-corrected chi connectivity index (χ2v) is 5.08. The van der Waals surface area contributed by atoms with Gasteiger partial charge >= 0.3 is 5.97 Å². The number of hydrogen-bond acceptors (Lipinski definition) is 3. The summed E-state index contributed by atoms with van der Waals surface area (Å²) in [4.78, 5) is 13.0. The van der Waals surface area contributed by atoms with E-state index in [1.807, 2.05) is 0 Å². The van der Waals surface area contributed by atoms with E-state index in [0.29, 0.717) is 0 Å². The molecule has 0 bridgehead atoms. The molecule has 2 aliphatic rings. The molecule has 4 heteroatoms. The molecule has 2 heterocycles. The lowest BCUT2D eigenvalue weighted by Crippen LogP contribution is -2.55. The molecule has 1 spiro atoms. The van der Waals surface area contributed by atoms with Crippen molar-refractivity contribution in [1.29, 1.82) is 0 Å². The Bertz CT molecular complexity index is 255. The van der Waals surface area contributed by atoms with Crippen molar-refractivity contribution < 1.29 is 14.6 Å². The van der Waals surface area contributed by atoms with Gasteiger partial charge in [0, 0.05) is 13.2 Å². The number of nitrogens with zero attached hydrogens (tertiary/aromatic N) is 1. The van der Waals surface area contributed by atoms with Gasteiger partial charge in [0.15, 0.2) is 0 Å².